The van der Waals surface area contributed by atoms with Gasteiger partial charge < -0.3 is 24.8 Å². The lowest BCUT2D eigenvalue weighted by molar-refractivity contribution is 0.122. The lowest BCUT2D eigenvalue weighted by atomic mass is 9.92. The van der Waals surface area contributed by atoms with Gasteiger partial charge in [-0.25, -0.2) is 15.0 Å². The van der Waals surface area contributed by atoms with Gasteiger partial charge >= 0.3 is 0 Å². The molecule has 2 aliphatic rings. The molecule has 220 valence electrons. The van der Waals surface area contributed by atoms with Gasteiger partial charge in [-0.15, -0.1) is 0 Å². The van der Waals surface area contributed by atoms with Crippen LogP contribution in [-0.2, 0) is 11.3 Å². The molecule has 4 heterocycles. The largest absolute Gasteiger partial charge is 0.378 e. The first-order valence-corrected chi connectivity index (χ1v) is 15.3. The molecule has 0 bridgehead atoms. The summed E-state index contributed by atoms with van der Waals surface area (Å²) in [6.07, 6.45) is 12.0. The molecule has 9 nitrogen and oxygen atoms in total. The number of anilines is 3. The van der Waals surface area contributed by atoms with Crippen molar-refractivity contribution in [3.63, 3.8) is 0 Å². The molecule has 1 aliphatic heterocycles. The number of aromatic amines is 1. The van der Waals surface area contributed by atoms with Crippen molar-refractivity contribution in [1.29, 1.82) is 0 Å². The van der Waals surface area contributed by atoms with Gasteiger partial charge in [-0.05, 0) is 69.0 Å². The fourth-order valence-corrected chi connectivity index (χ4v) is 6.50. The van der Waals surface area contributed by atoms with Crippen LogP contribution >= 0.6 is 0 Å². The monoisotopic (exact) mass is 567 g/mol. The van der Waals surface area contributed by atoms with Crippen molar-refractivity contribution in [3.8, 4) is 11.1 Å². The molecule has 6 rings (SSSR count). The van der Waals surface area contributed by atoms with Crippen LogP contribution in [0.4, 0.5) is 17.5 Å². The van der Waals surface area contributed by atoms with E-state index in [0.29, 0.717) is 25.8 Å². The summed E-state index contributed by atoms with van der Waals surface area (Å²) in [5, 5.41) is 5.68. The van der Waals surface area contributed by atoms with Gasteiger partial charge in [0.1, 0.15) is 5.82 Å². The molecule has 0 spiro atoms. The maximum atomic E-state index is 12.7. The van der Waals surface area contributed by atoms with Gasteiger partial charge in [-0.2, -0.15) is 0 Å². The molecule has 0 atom stereocenters. The van der Waals surface area contributed by atoms with E-state index in [1.54, 1.807) is 0 Å². The number of benzene rings is 1. The van der Waals surface area contributed by atoms with E-state index < -0.39 is 0 Å². The van der Waals surface area contributed by atoms with Crippen LogP contribution in [0.1, 0.15) is 55.8 Å². The number of pyridine rings is 2. The van der Waals surface area contributed by atoms with Crippen LogP contribution in [-0.4, -0.2) is 58.8 Å². The van der Waals surface area contributed by atoms with Crippen LogP contribution in [0, 0.1) is 13.8 Å². The average Bonchev–Trinajstić information content (AvgIpc) is 3.02. The van der Waals surface area contributed by atoms with Crippen molar-refractivity contribution in [2.24, 2.45) is 0 Å². The second-order valence-electron chi connectivity index (χ2n) is 11.5. The zero-order valence-electron chi connectivity index (χ0n) is 24.9. The van der Waals surface area contributed by atoms with Gasteiger partial charge in [-0.3, -0.25) is 4.79 Å². The second kappa shape index (κ2) is 12.5. The van der Waals surface area contributed by atoms with E-state index in [0.717, 1.165) is 70.1 Å². The van der Waals surface area contributed by atoms with Gasteiger partial charge in [0, 0.05) is 84.1 Å². The summed E-state index contributed by atoms with van der Waals surface area (Å²) in [5.41, 5.74) is 5.73. The molecular weight excluding hydrogens is 526 g/mol. The predicted molar refractivity (Wildman–Crippen MR) is 170 cm³/mol. The van der Waals surface area contributed by atoms with Gasteiger partial charge in [-0.1, -0.05) is 19.3 Å². The lowest BCUT2D eigenvalue weighted by Crippen LogP contribution is -2.37. The fourth-order valence-electron chi connectivity index (χ4n) is 6.50. The molecule has 4 aromatic rings. The Balaban J connectivity index is 1.42. The zero-order valence-corrected chi connectivity index (χ0v) is 24.9. The van der Waals surface area contributed by atoms with Crippen LogP contribution in [0.25, 0.3) is 21.9 Å². The molecule has 9 heteroatoms. The number of rotatable bonds is 8. The summed E-state index contributed by atoms with van der Waals surface area (Å²) in [6, 6.07) is 9.12. The van der Waals surface area contributed by atoms with E-state index in [1.165, 1.54) is 37.8 Å². The molecular formula is C33H41N7O2. The van der Waals surface area contributed by atoms with E-state index >= 15 is 0 Å². The van der Waals surface area contributed by atoms with Crippen molar-refractivity contribution in [1.82, 2.24) is 19.9 Å². The molecule has 2 N–H and O–H groups in total. The minimum atomic E-state index is -0.0615. The Hall–Kier alpha value is -3.98. The van der Waals surface area contributed by atoms with Crippen molar-refractivity contribution >= 4 is 28.2 Å². The van der Waals surface area contributed by atoms with Gasteiger partial charge in [0.25, 0.3) is 5.56 Å². The zero-order chi connectivity index (χ0) is 29.1. The number of fused-ring (bicyclic) bond motifs is 1. The number of hydrogen-bond donors (Lipinski definition) is 2. The molecule has 3 aromatic heterocycles. The van der Waals surface area contributed by atoms with E-state index in [-0.39, 0.29) is 5.56 Å². The summed E-state index contributed by atoms with van der Waals surface area (Å²) >= 11 is 0. The Labute approximate surface area is 247 Å². The highest BCUT2D eigenvalue weighted by Gasteiger charge is 2.23. The third-order valence-electron chi connectivity index (χ3n) is 8.72. The topological polar surface area (TPSA) is 99.3 Å². The molecule has 0 radical (unpaired) electrons. The van der Waals surface area contributed by atoms with E-state index in [1.807, 2.05) is 38.5 Å². The number of aromatic nitrogens is 4. The summed E-state index contributed by atoms with van der Waals surface area (Å²) < 4.78 is 5.50. The van der Waals surface area contributed by atoms with Gasteiger partial charge in [0.2, 0.25) is 5.95 Å². The highest BCUT2D eigenvalue weighted by atomic mass is 16.5. The molecule has 0 amide bonds. The molecule has 42 heavy (non-hydrogen) atoms. The van der Waals surface area contributed by atoms with Crippen LogP contribution in [0.15, 0.2) is 47.7 Å². The SMILES string of the molecule is CCN(c1cc(-c2cnc(N3CCOCC3)nc2)cc2c(NCc3c(C)cc(C)[nH]c3=O)nccc12)C1CCCCC1. The number of hydrogen-bond acceptors (Lipinski definition) is 8. The second-order valence-corrected chi connectivity index (χ2v) is 11.5. The summed E-state index contributed by atoms with van der Waals surface area (Å²) in [4.78, 5) is 34.7. The Morgan fingerprint density at radius 2 is 1.76 bits per heavy atom. The van der Waals surface area contributed by atoms with Gasteiger partial charge in [0.15, 0.2) is 0 Å². The number of aryl methyl sites for hydroxylation is 2. The highest BCUT2D eigenvalue weighted by molar-refractivity contribution is 6.03. The Morgan fingerprint density at radius 1 is 1.00 bits per heavy atom. The van der Waals surface area contributed by atoms with E-state index in [9.17, 15) is 4.79 Å². The first kappa shape index (κ1) is 28.2. The maximum absolute atomic E-state index is 12.7. The van der Waals surface area contributed by atoms with Crippen molar-refractivity contribution < 1.29 is 4.74 Å². The van der Waals surface area contributed by atoms with Crippen LogP contribution in [0.3, 0.4) is 0 Å². The van der Waals surface area contributed by atoms with E-state index in [2.05, 4.69) is 45.2 Å². The third-order valence-corrected chi connectivity index (χ3v) is 8.72. The Bertz CT molecular complexity index is 1590. The number of nitrogens with one attached hydrogen (secondary N) is 2. The molecule has 1 aliphatic carbocycles. The number of nitrogens with zero attached hydrogens (tertiary/aromatic N) is 5. The Kier molecular flexibility index (Phi) is 8.37. The quantitative estimate of drug-likeness (QED) is 0.284. The van der Waals surface area contributed by atoms with Gasteiger partial charge in [0.05, 0.1) is 13.2 Å². The van der Waals surface area contributed by atoms with E-state index in [4.69, 9.17) is 19.7 Å². The average molecular weight is 568 g/mol. The highest BCUT2D eigenvalue weighted by Crippen LogP contribution is 2.38. The summed E-state index contributed by atoms with van der Waals surface area (Å²) in [5.74, 6) is 1.50. The normalized spacial score (nSPS) is 16.1. The fraction of sp³-hybridized carbons (Fsp3) is 0.455. The predicted octanol–water partition coefficient (Wildman–Crippen LogP) is 5.60. The minimum absolute atomic E-state index is 0.0615. The molecule has 1 aromatic carbocycles. The number of morpholine rings is 1. The summed E-state index contributed by atoms with van der Waals surface area (Å²) in [6.45, 7) is 10.5. The van der Waals surface area contributed by atoms with Crippen LogP contribution in [0.2, 0.25) is 0 Å². The summed E-state index contributed by atoms with van der Waals surface area (Å²) in [7, 11) is 0. The molecule has 1 saturated heterocycles. The third kappa shape index (κ3) is 5.83. The number of H-pyrrole nitrogens is 1. The lowest BCUT2D eigenvalue weighted by Gasteiger charge is -2.36. The maximum Gasteiger partial charge on any atom is 0.253 e. The molecule has 2 fully saturated rings. The first-order chi connectivity index (χ1) is 20.5. The van der Waals surface area contributed by atoms with Crippen molar-refractivity contribution in [2.75, 3.05) is 48.0 Å². The number of ether oxygens (including phenoxy) is 1. The standard InChI is InChI=1S/C33H41N7O2/c1-4-40(26-8-6-5-7-9-26)30-18-24(25-19-36-33(37-20-25)39-12-14-42-15-13-39)17-28-27(30)10-11-34-31(28)35-21-29-22(2)16-23(3)38-32(29)41/h10-11,16-20,26H,4-9,12-15,21H2,1-3H3,(H,34,35)(H,38,41). The molecule has 0 unspecified atom stereocenters. The van der Waals surface area contributed by atoms with Crippen LogP contribution in [0.5, 0.6) is 0 Å². The molecule has 1 saturated carbocycles. The Morgan fingerprint density at radius 3 is 2.48 bits per heavy atom. The minimum Gasteiger partial charge on any atom is -0.378 e. The van der Waals surface area contributed by atoms with Crippen molar-refractivity contribution in [2.45, 2.75) is 65.5 Å². The first-order valence-electron chi connectivity index (χ1n) is 15.3. The van der Waals surface area contributed by atoms with Crippen molar-refractivity contribution in [3.05, 3.63) is 70.0 Å². The smallest absolute Gasteiger partial charge is 0.253 e. The van der Waals surface area contributed by atoms with Crippen LogP contribution < -0.4 is 20.7 Å².